The fourth-order valence-electron chi connectivity index (χ4n) is 1.75. The Labute approximate surface area is 113 Å². The number of hydrogen-bond donors (Lipinski definition) is 1. The average Bonchev–Trinajstić information content (AvgIpc) is 2.97. The van der Waals surface area contributed by atoms with Crippen LogP contribution in [0.5, 0.6) is 0 Å². The second-order valence-electron chi connectivity index (χ2n) is 4.16. The van der Waals surface area contributed by atoms with Gasteiger partial charge in [0, 0.05) is 18.0 Å². The molecule has 1 atom stereocenters. The van der Waals surface area contributed by atoms with Crippen LogP contribution < -0.4 is 5.32 Å². The van der Waals surface area contributed by atoms with E-state index >= 15 is 0 Å². The van der Waals surface area contributed by atoms with Crippen molar-refractivity contribution >= 4 is 22.9 Å². The quantitative estimate of drug-likeness (QED) is 0.690. The molecule has 1 unspecified atom stereocenters. The summed E-state index contributed by atoms with van der Waals surface area (Å²) in [6.07, 6.45) is 1.32. The predicted octanol–water partition coefficient (Wildman–Crippen LogP) is 2.49. The lowest BCUT2D eigenvalue weighted by Crippen LogP contribution is -2.27. The summed E-state index contributed by atoms with van der Waals surface area (Å²) in [5.41, 5.74) is 0.187. The van der Waals surface area contributed by atoms with Crippen LogP contribution in [0, 0.1) is 10.1 Å². The number of aromatic nitrogens is 1. The van der Waals surface area contributed by atoms with Crippen LogP contribution >= 0.6 is 11.3 Å². The standard InChI is InChI=1S/C12H13N3O3S/c1-8(11-4-3-5-19-11)13-12(16)10-6-9(15(17)18)7-14(10)2/h3-8H,1-2H3,(H,13,16). The first-order valence-electron chi connectivity index (χ1n) is 5.64. The molecule has 2 rings (SSSR count). The molecule has 7 heteroatoms. The largest absolute Gasteiger partial charge is 0.343 e. The number of aryl methyl sites for hydroxylation is 1. The smallest absolute Gasteiger partial charge is 0.287 e. The molecule has 0 saturated carbocycles. The number of carbonyl (C=O) groups is 1. The Morgan fingerprint density at radius 3 is 2.84 bits per heavy atom. The molecule has 100 valence electrons. The van der Waals surface area contributed by atoms with E-state index < -0.39 is 4.92 Å². The van der Waals surface area contributed by atoms with Crippen molar-refractivity contribution in [3.05, 3.63) is 50.5 Å². The zero-order valence-electron chi connectivity index (χ0n) is 10.5. The summed E-state index contributed by atoms with van der Waals surface area (Å²) >= 11 is 1.55. The van der Waals surface area contributed by atoms with Crippen molar-refractivity contribution in [1.82, 2.24) is 9.88 Å². The topological polar surface area (TPSA) is 77.2 Å². The molecule has 0 aliphatic rings. The van der Waals surface area contributed by atoms with Crippen LogP contribution in [0.4, 0.5) is 5.69 Å². The number of nitrogens with one attached hydrogen (secondary N) is 1. The third kappa shape index (κ3) is 2.82. The molecule has 0 aliphatic heterocycles. The maximum atomic E-state index is 12.1. The van der Waals surface area contributed by atoms with Crippen molar-refractivity contribution in [3.8, 4) is 0 Å². The molecule has 1 N–H and O–H groups in total. The maximum Gasteiger partial charge on any atom is 0.287 e. The van der Waals surface area contributed by atoms with E-state index in [0.717, 1.165) is 4.88 Å². The SMILES string of the molecule is CC(NC(=O)c1cc([N+](=O)[O-])cn1C)c1cccs1. The van der Waals surface area contributed by atoms with Crippen molar-refractivity contribution < 1.29 is 9.72 Å². The second kappa shape index (κ2) is 5.23. The summed E-state index contributed by atoms with van der Waals surface area (Å²) in [4.78, 5) is 23.2. The fraction of sp³-hybridized carbons (Fsp3) is 0.250. The van der Waals surface area contributed by atoms with Gasteiger partial charge < -0.3 is 9.88 Å². The van der Waals surface area contributed by atoms with Gasteiger partial charge in [0.25, 0.3) is 11.6 Å². The summed E-state index contributed by atoms with van der Waals surface area (Å²) in [5, 5.41) is 15.4. The van der Waals surface area contributed by atoms with Gasteiger partial charge in [0.1, 0.15) is 5.69 Å². The number of rotatable bonds is 4. The van der Waals surface area contributed by atoms with Crippen molar-refractivity contribution in [2.24, 2.45) is 7.05 Å². The number of thiophene rings is 1. The first kappa shape index (κ1) is 13.3. The molecule has 0 aliphatic carbocycles. The lowest BCUT2D eigenvalue weighted by molar-refractivity contribution is -0.384. The summed E-state index contributed by atoms with van der Waals surface area (Å²) in [5.74, 6) is -0.323. The summed E-state index contributed by atoms with van der Waals surface area (Å²) in [6, 6.07) is 5.00. The number of nitro groups is 1. The Morgan fingerprint density at radius 2 is 2.32 bits per heavy atom. The Hall–Kier alpha value is -2.15. The van der Waals surface area contributed by atoms with Gasteiger partial charge in [-0.1, -0.05) is 6.07 Å². The molecule has 0 fully saturated rings. The summed E-state index contributed by atoms with van der Waals surface area (Å²) in [6.45, 7) is 1.88. The van der Waals surface area contributed by atoms with E-state index in [9.17, 15) is 14.9 Å². The molecule has 0 bridgehead atoms. The van der Waals surface area contributed by atoms with E-state index in [4.69, 9.17) is 0 Å². The number of amides is 1. The first-order chi connectivity index (χ1) is 8.99. The minimum atomic E-state index is -0.514. The van der Waals surface area contributed by atoms with Crippen LogP contribution in [0.2, 0.25) is 0 Å². The van der Waals surface area contributed by atoms with Gasteiger partial charge >= 0.3 is 0 Å². The van der Waals surface area contributed by atoms with Crippen LogP contribution in [0.25, 0.3) is 0 Å². The molecule has 19 heavy (non-hydrogen) atoms. The van der Waals surface area contributed by atoms with Crippen molar-refractivity contribution in [1.29, 1.82) is 0 Å². The van der Waals surface area contributed by atoms with Crippen molar-refractivity contribution in [2.45, 2.75) is 13.0 Å². The van der Waals surface area contributed by atoms with Crippen molar-refractivity contribution in [2.75, 3.05) is 0 Å². The first-order valence-corrected chi connectivity index (χ1v) is 6.52. The predicted molar refractivity (Wildman–Crippen MR) is 72.3 cm³/mol. The van der Waals surface area contributed by atoms with Gasteiger partial charge in [-0.3, -0.25) is 14.9 Å². The molecule has 2 aromatic heterocycles. The van der Waals surface area contributed by atoms with E-state index in [1.165, 1.54) is 16.8 Å². The highest BCUT2D eigenvalue weighted by atomic mass is 32.1. The maximum absolute atomic E-state index is 12.1. The Kier molecular flexibility index (Phi) is 3.66. The fourth-order valence-corrected chi connectivity index (χ4v) is 2.49. The van der Waals surface area contributed by atoms with E-state index in [1.54, 1.807) is 18.4 Å². The van der Waals surface area contributed by atoms with Gasteiger partial charge in [-0.05, 0) is 18.4 Å². The van der Waals surface area contributed by atoms with Crippen LogP contribution in [-0.4, -0.2) is 15.4 Å². The average molecular weight is 279 g/mol. The lowest BCUT2D eigenvalue weighted by atomic mass is 10.2. The van der Waals surface area contributed by atoms with Gasteiger partial charge in [0.15, 0.2) is 0 Å². The molecule has 1 amide bonds. The Morgan fingerprint density at radius 1 is 1.58 bits per heavy atom. The van der Waals surface area contributed by atoms with Gasteiger partial charge in [-0.15, -0.1) is 11.3 Å². The van der Waals surface area contributed by atoms with Crippen LogP contribution in [-0.2, 0) is 7.05 Å². The van der Waals surface area contributed by atoms with E-state index in [1.807, 2.05) is 24.4 Å². The second-order valence-corrected chi connectivity index (χ2v) is 5.14. The van der Waals surface area contributed by atoms with Gasteiger partial charge in [-0.2, -0.15) is 0 Å². The molecule has 0 spiro atoms. The monoisotopic (exact) mass is 279 g/mol. The van der Waals surface area contributed by atoms with Crippen LogP contribution in [0.3, 0.4) is 0 Å². The summed E-state index contributed by atoms with van der Waals surface area (Å²) in [7, 11) is 1.61. The van der Waals surface area contributed by atoms with E-state index in [-0.39, 0.29) is 23.3 Å². The highest BCUT2D eigenvalue weighted by Crippen LogP contribution is 2.20. The highest BCUT2D eigenvalue weighted by Gasteiger charge is 2.19. The molecule has 2 aromatic rings. The van der Waals surface area contributed by atoms with E-state index in [2.05, 4.69) is 5.32 Å². The summed E-state index contributed by atoms with van der Waals surface area (Å²) < 4.78 is 1.45. The molecular weight excluding hydrogens is 266 g/mol. The normalized spacial score (nSPS) is 12.1. The van der Waals surface area contributed by atoms with Gasteiger partial charge in [0.05, 0.1) is 17.2 Å². The molecular formula is C12H13N3O3S. The number of carbonyl (C=O) groups excluding carboxylic acids is 1. The lowest BCUT2D eigenvalue weighted by Gasteiger charge is -2.12. The third-order valence-corrected chi connectivity index (χ3v) is 3.81. The number of nitrogens with zero attached hydrogens (tertiary/aromatic N) is 2. The molecule has 6 nitrogen and oxygen atoms in total. The zero-order chi connectivity index (χ0) is 14.0. The molecule has 0 saturated heterocycles. The van der Waals surface area contributed by atoms with Gasteiger partial charge in [-0.25, -0.2) is 0 Å². The molecule has 2 heterocycles. The molecule has 0 aromatic carbocycles. The van der Waals surface area contributed by atoms with Crippen LogP contribution in [0.15, 0.2) is 29.8 Å². The van der Waals surface area contributed by atoms with Crippen LogP contribution in [0.1, 0.15) is 28.3 Å². The minimum Gasteiger partial charge on any atom is -0.343 e. The van der Waals surface area contributed by atoms with Gasteiger partial charge in [0.2, 0.25) is 0 Å². The molecule has 0 radical (unpaired) electrons. The highest BCUT2D eigenvalue weighted by molar-refractivity contribution is 7.10. The Balaban J connectivity index is 2.14. The Bertz CT molecular complexity index is 604. The van der Waals surface area contributed by atoms with E-state index in [0.29, 0.717) is 0 Å². The van der Waals surface area contributed by atoms with Crippen molar-refractivity contribution in [3.63, 3.8) is 0 Å². The zero-order valence-corrected chi connectivity index (χ0v) is 11.3. The third-order valence-electron chi connectivity index (χ3n) is 2.75. The minimum absolute atomic E-state index is 0.0866. The number of hydrogen-bond acceptors (Lipinski definition) is 4.